The predicted octanol–water partition coefficient (Wildman–Crippen LogP) is 3.56. The molecule has 1 aliphatic carbocycles. The Morgan fingerprint density at radius 2 is 1.96 bits per heavy atom. The number of hydrogen-bond acceptors (Lipinski definition) is 4. The number of para-hydroxylation sites is 1. The van der Waals surface area contributed by atoms with Gasteiger partial charge in [-0.15, -0.1) is 0 Å². The molecule has 1 saturated heterocycles. The average Bonchev–Trinajstić information content (AvgIpc) is 3.17. The van der Waals surface area contributed by atoms with Gasteiger partial charge in [-0.05, 0) is 25.0 Å². The fourth-order valence-electron chi connectivity index (χ4n) is 3.01. The van der Waals surface area contributed by atoms with Crippen molar-refractivity contribution in [1.29, 1.82) is 0 Å². The van der Waals surface area contributed by atoms with E-state index in [0.717, 1.165) is 43.5 Å². The lowest BCUT2D eigenvalue weighted by atomic mass is 10.1. The number of benzene rings is 1. The van der Waals surface area contributed by atoms with Crippen LogP contribution in [-0.2, 0) is 15.8 Å². The normalized spacial score (nSPS) is 22.7. The molecule has 2 amide bonds. The SMILES string of the molecule is O=C(CC1SC(=NC2CCCC2)NC1=O)Nc1ccccc1C(F)(F)F. The van der Waals surface area contributed by atoms with E-state index in [2.05, 4.69) is 15.6 Å². The van der Waals surface area contributed by atoms with Gasteiger partial charge in [0.25, 0.3) is 0 Å². The Balaban J connectivity index is 1.61. The maximum Gasteiger partial charge on any atom is 0.418 e. The van der Waals surface area contributed by atoms with E-state index in [0.29, 0.717) is 5.17 Å². The molecule has 0 aromatic heterocycles. The van der Waals surface area contributed by atoms with Crippen LogP contribution in [0.15, 0.2) is 29.3 Å². The molecule has 1 unspecified atom stereocenters. The van der Waals surface area contributed by atoms with Gasteiger partial charge in [0.05, 0.1) is 17.3 Å². The Morgan fingerprint density at radius 3 is 2.65 bits per heavy atom. The van der Waals surface area contributed by atoms with Crippen molar-refractivity contribution in [1.82, 2.24) is 5.32 Å². The number of amidine groups is 1. The maximum atomic E-state index is 13.0. The minimum atomic E-state index is -4.57. The first-order valence-corrected chi connectivity index (χ1v) is 9.22. The number of alkyl halides is 3. The molecule has 1 heterocycles. The molecule has 5 nitrogen and oxygen atoms in total. The van der Waals surface area contributed by atoms with E-state index in [1.54, 1.807) is 0 Å². The van der Waals surface area contributed by atoms with E-state index >= 15 is 0 Å². The van der Waals surface area contributed by atoms with Crippen LogP contribution in [0.4, 0.5) is 18.9 Å². The quantitative estimate of drug-likeness (QED) is 0.833. The number of rotatable bonds is 4. The first-order chi connectivity index (χ1) is 12.3. The molecule has 9 heteroatoms. The molecular weight excluding hydrogens is 367 g/mol. The first-order valence-electron chi connectivity index (χ1n) is 8.34. The van der Waals surface area contributed by atoms with E-state index in [-0.39, 0.29) is 24.1 Å². The molecular formula is C17H18F3N3O2S. The molecule has 1 aromatic rings. The zero-order chi connectivity index (χ0) is 18.7. The molecule has 140 valence electrons. The second kappa shape index (κ2) is 7.69. The van der Waals surface area contributed by atoms with Crippen molar-refractivity contribution < 1.29 is 22.8 Å². The number of carbonyl (C=O) groups is 2. The summed E-state index contributed by atoms with van der Waals surface area (Å²) in [6, 6.07) is 4.96. The van der Waals surface area contributed by atoms with Crippen LogP contribution in [0.3, 0.4) is 0 Å². The number of nitrogens with zero attached hydrogens (tertiary/aromatic N) is 1. The lowest BCUT2D eigenvalue weighted by Crippen LogP contribution is -2.28. The lowest BCUT2D eigenvalue weighted by Gasteiger charge is -2.14. The van der Waals surface area contributed by atoms with Crippen LogP contribution >= 0.6 is 11.8 Å². The largest absolute Gasteiger partial charge is 0.418 e. The summed E-state index contributed by atoms with van der Waals surface area (Å²) in [4.78, 5) is 28.6. The Hall–Kier alpha value is -2.03. The predicted molar refractivity (Wildman–Crippen MR) is 93.9 cm³/mol. The van der Waals surface area contributed by atoms with Gasteiger partial charge in [-0.25, -0.2) is 0 Å². The molecule has 2 fully saturated rings. The molecule has 2 aliphatic rings. The fourth-order valence-corrected chi connectivity index (χ4v) is 4.05. The van der Waals surface area contributed by atoms with E-state index in [1.165, 1.54) is 18.2 Å². The summed E-state index contributed by atoms with van der Waals surface area (Å²) in [5, 5.41) is 4.72. The second-order valence-electron chi connectivity index (χ2n) is 6.26. The van der Waals surface area contributed by atoms with Gasteiger partial charge in [-0.1, -0.05) is 36.7 Å². The van der Waals surface area contributed by atoms with Gasteiger partial charge >= 0.3 is 6.18 Å². The third kappa shape index (κ3) is 4.57. The highest BCUT2D eigenvalue weighted by molar-refractivity contribution is 8.15. The minimum Gasteiger partial charge on any atom is -0.325 e. The standard InChI is InChI=1S/C17H18F3N3O2S/c18-17(19,20)11-7-3-4-8-12(11)22-14(24)9-13-15(25)23-16(26-13)21-10-5-1-2-6-10/h3-4,7-8,10,13H,1-2,5-6,9H2,(H,22,24)(H,21,23,25). The smallest absolute Gasteiger partial charge is 0.325 e. The zero-order valence-electron chi connectivity index (χ0n) is 13.8. The van der Waals surface area contributed by atoms with E-state index in [9.17, 15) is 22.8 Å². The van der Waals surface area contributed by atoms with Gasteiger partial charge in [0.1, 0.15) is 5.25 Å². The van der Waals surface area contributed by atoms with Crippen LogP contribution in [0.2, 0.25) is 0 Å². The lowest BCUT2D eigenvalue weighted by molar-refractivity contribution is -0.137. The number of aliphatic imine (C=N–C) groups is 1. The molecule has 1 aromatic carbocycles. The average molecular weight is 385 g/mol. The summed E-state index contributed by atoms with van der Waals surface area (Å²) in [5.74, 6) is -0.984. The number of hydrogen-bond donors (Lipinski definition) is 2. The van der Waals surface area contributed by atoms with Gasteiger partial charge in [-0.3, -0.25) is 14.6 Å². The van der Waals surface area contributed by atoms with Gasteiger partial charge in [0.2, 0.25) is 11.8 Å². The molecule has 0 bridgehead atoms. The summed E-state index contributed by atoms with van der Waals surface area (Å²) < 4.78 is 38.9. The molecule has 2 N–H and O–H groups in total. The molecule has 0 radical (unpaired) electrons. The van der Waals surface area contributed by atoms with Gasteiger partial charge < -0.3 is 10.6 Å². The molecule has 3 rings (SSSR count). The number of nitrogens with one attached hydrogen (secondary N) is 2. The number of carbonyl (C=O) groups excluding carboxylic acids is 2. The molecule has 1 atom stereocenters. The van der Waals surface area contributed by atoms with E-state index in [1.807, 2.05) is 0 Å². The maximum absolute atomic E-state index is 13.0. The van der Waals surface area contributed by atoms with Crippen molar-refractivity contribution in [3.05, 3.63) is 29.8 Å². The van der Waals surface area contributed by atoms with E-state index in [4.69, 9.17) is 0 Å². The van der Waals surface area contributed by atoms with Crippen LogP contribution in [0.5, 0.6) is 0 Å². The van der Waals surface area contributed by atoms with Crippen molar-refractivity contribution in [3.8, 4) is 0 Å². The summed E-state index contributed by atoms with van der Waals surface area (Å²) in [7, 11) is 0. The monoisotopic (exact) mass is 385 g/mol. The van der Waals surface area contributed by atoms with Crippen molar-refractivity contribution in [2.45, 2.75) is 49.6 Å². The van der Waals surface area contributed by atoms with Gasteiger partial charge in [0, 0.05) is 6.42 Å². The van der Waals surface area contributed by atoms with E-state index < -0.39 is 22.9 Å². The summed E-state index contributed by atoms with van der Waals surface area (Å²) in [6.45, 7) is 0. The highest BCUT2D eigenvalue weighted by atomic mass is 32.2. The van der Waals surface area contributed by atoms with Crippen molar-refractivity contribution in [2.75, 3.05) is 5.32 Å². The zero-order valence-corrected chi connectivity index (χ0v) is 14.6. The van der Waals surface area contributed by atoms with Gasteiger partial charge in [0.15, 0.2) is 5.17 Å². The summed E-state index contributed by atoms with van der Waals surface area (Å²) >= 11 is 1.16. The minimum absolute atomic E-state index is 0.198. The van der Waals surface area contributed by atoms with Crippen LogP contribution in [0.25, 0.3) is 0 Å². The van der Waals surface area contributed by atoms with Crippen LogP contribution in [0, 0.1) is 0 Å². The first kappa shape index (κ1) is 18.8. The van der Waals surface area contributed by atoms with Crippen molar-refractivity contribution in [3.63, 3.8) is 0 Å². The Kier molecular flexibility index (Phi) is 5.55. The molecule has 0 spiro atoms. The highest BCUT2D eigenvalue weighted by Crippen LogP contribution is 2.35. The third-order valence-electron chi connectivity index (χ3n) is 4.28. The van der Waals surface area contributed by atoms with Crippen molar-refractivity contribution >= 4 is 34.4 Å². The second-order valence-corrected chi connectivity index (χ2v) is 7.46. The van der Waals surface area contributed by atoms with Crippen molar-refractivity contribution in [2.24, 2.45) is 4.99 Å². The summed E-state index contributed by atoms with van der Waals surface area (Å²) in [5.41, 5.74) is -1.23. The Bertz CT molecular complexity index is 730. The number of halogens is 3. The van der Waals surface area contributed by atoms with Crippen LogP contribution in [0.1, 0.15) is 37.7 Å². The Morgan fingerprint density at radius 1 is 1.27 bits per heavy atom. The molecule has 1 saturated carbocycles. The fraction of sp³-hybridized carbons (Fsp3) is 0.471. The van der Waals surface area contributed by atoms with Crippen LogP contribution in [-0.4, -0.2) is 28.3 Å². The highest BCUT2D eigenvalue weighted by Gasteiger charge is 2.35. The number of thioether (sulfide) groups is 1. The summed E-state index contributed by atoms with van der Waals surface area (Å²) in [6.07, 6.45) is -0.579. The third-order valence-corrected chi connectivity index (χ3v) is 5.37. The number of amides is 2. The molecule has 26 heavy (non-hydrogen) atoms. The van der Waals surface area contributed by atoms with Gasteiger partial charge in [-0.2, -0.15) is 13.2 Å². The topological polar surface area (TPSA) is 70.6 Å². The van der Waals surface area contributed by atoms with Crippen LogP contribution < -0.4 is 10.6 Å². The Labute approximate surface area is 152 Å². The molecule has 1 aliphatic heterocycles. The number of anilines is 1.